The van der Waals surface area contributed by atoms with Gasteiger partial charge in [0.1, 0.15) is 0 Å². The number of hydrogen-bond donors (Lipinski definition) is 1. The van der Waals surface area contributed by atoms with E-state index in [-0.39, 0.29) is 17.0 Å². The number of hydrogen-bond acceptors (Lipinski definition) is 2. The molecule has 0 saturated heterocycles. The molecule has 2 nitrogen and oxygen atoms in total. The Labute approximate surface area is 93.2 Å². The van der Waals surface area contributed by atoms with Gasteiger partial charge in [-0.25, -0.2) is 4.39 Å². The van der Waals surface area contributed by atoms with E-state index in [4.69, 9.17) is 22.1 Å². The van der Waals surface area contributed by atoms with E-state index in [1.807, 2.05) is 0 Å². The molecule has 15 heavy (non-hydrogen) atoms. The Hall–Kier alpha value is -0.800. The van der Waals surface area contributed by atoms with Crippen LogP contribution in [0.4, 0.5) is 4.39 Å². The van der Waals surface area contributed by atoms with Crippen molar-refractivity contribution in [2.45, 2.75) is 18.3 Å². The van der Waals surface area contributed by atoms with Gasteiger partial charge in [-0.1, -0.05) is 11.6 Å². The van der Waals surface area contributed by atoms with Gasteiger partial charge in [0.15, 0.2) is 11.6 Å². The highest BCUT2D eigenvalue weighted by Crippen LogP contribution is 2.53. The van der Waals surface area contributed by atoms with E-state index in [0.29, 0.717) is 11.6 Å². The molecule has 0 bridgehead atoms. The van der Waals surface area contributed by atoms with E-state index < -0.39 is 0 Å². The minimum atomic E-state index is -0.378. The summed E-state index contributed by atoms with van der Waals surface area (Å²) in [7, 11) is 1.45. The molecule has 0 aliphatic heterocycles. The quantitative estimate of drug-likeness (QED) is 0.864. The summed E-state index contributed by atoms with van der Waals surface area (Å²) in [6.07, 6.45) is 1.89. The van der Waals surface area contributed by atoms with Gasteiger partial charge in [0.2, 0.25) is 0 Å². The normalized spacial score (nSPS) is 17.6. The minimum absolute atomic E-state index is 0.162. The molecule has 1 saturated carbocycles. The molecule has 1 aliphatic carbocycles. The van der Waals surface area contributed by atoms with Crippen molar-refractivity contribution in [1.82, 2.24) is 0 Å². The fraction of sp³-hybridized carbons (Fsp3) is 0.455. The Balaban J connectivity index is 2.58. The lowest BCUT2D eigenvalue weighted by Crippen LogP contribution is -2.21. The van der Waals surface area contributed by atoms with Gasteiger partial charge in [0, 0.05) is 22.5 Å². The lowest BCUT2D eigenvalue weighted by Gasteiger charge is -2.18. The van der Waals surface area contributed by atoms with Crippen molar-refractivity contribution >= 4 is 11.6 Å². The first-order valence-corrected chi connectivity index (χ1v) is 5.25. The minimum Gasteiger partial charge on any atom is -0.493 e. The second-order valence-corrected chi connectivity index (χ2v) is 4.33. The lowest BCUT2D eigenvalue weighted by molar-refractivity contribution is 0.376. The third-order valence-corrected chi connectivity index (χ3v) is 3.35. The molecule has 1 fully saturated rings. The zero-order chi connectivity index (χ0) is 11.1. The van der Waals surface area contributed by atoms with E-state index in [0.717, 1.165) is 18.4 Å². The standard InChI is InChI=1S/C11H13ClFNO/c1-15-10-8(13)3-2-7(12)9(10)11(6-14)4-5-11/h2-3H,4-6,14H2,1H3. The van der Waals surface area contributed by atoms with E-state index in [9.17, 15) is 4.39 Å². The second kappa shape index (κ2) is 3.65. The van der Waals surface area contributed by atoms with Gasteiger partial charge in [-0.3, -0.25) is 0 Å². The van der Waals surface area contributed by atoms with Crippen molar-refractivity contribution in [2.24, 2.45) is 5.73 Å². The SMILES string of the molecule is COc1c(F)ccc(Cl)c1C1(CN)CC1. The van der Waals surface area contributed by atoms with Gasteiger partial charge in [0.25, 0.3) is 0 Å². The molecule has 2 rings (SSSR count). The highest BCUT2D eigenvalue weighted by Gasteiger charge is 2.46. The average molecular weight is 230 g/mol. The van der Waals surface area contributed by atoms with Crippen LogP contribution < -0.4 is 10.5 Å². The summed E-state index contributed by atoms with van der Waals surface area (Å²) in [6, 6.07) is 2.88. The molecule has 1 aromatic carbocycles. The van der Waals surface area contributed by atoms with Crippen molar-refractivity contribution in [3.8, 4) is 5.75 Å². The van der Waals surface area contributed by atoms with Gasteiger partial charge >= 0.3 is 0 Å². The Kier molecular flexibility index (Phi) is 2.61. The smallest absolute Gasteiger partial charge is 0.165 e. The molecule has 4 heteroatoms. The number of ether oxygens (including phenoxy) is 1. The number of rotatable bonds is 3. The van der Waals surface area contributed by atoms with Crippen LogP contribution in [0.15, 0.2) is 12.1 Å². The van der Waals surface area contributed by atoms with Crippen molar-refractivity contribution in [3.05, 3.63) is 28.5 Å². The summed E-state index contributed by atoms with van der Waals surface area (Å²) in [5, 5.41) is 0.538. The molecule has 0 radical (unpaired) electrons. The monoisotopic (exact) mass is 229 g/mol. The molecular weight excluding hydrogens is 217 g/mol. The maximum Gasteiger partial charge on any atom is 0.165 e. The third kappa shape index (κ3) is 1.60. The zero-order valence-corrected chi connectivity index (χ0v) is 9.27. The first-order valence-electron chi connectivity index (χ1n) is 4.87. The molecule has 0 unspecified atom stereocenters. The predicted octanol–water partition coefficient (Wildman–Crippen LogP) is 2.48. The van der Waals surface area contributed by atoms with Gasteiger partial charge in [0.05, 0.1) is 7.11 Å². The number of halogens is 2. The summed E-state index contributed by atoms with van der Waals surface area (Å²) in [5.41, 5.74) is 6.28. The van der Waals surface area contributed by atoms with Crippen molar-refractivity contribution < 1.29 is 9.13 Å². The third-order valence-electron chi connectivity index (χ3n) is 3.04. The van der Waals surface area contributed by atoms with Crippen molar-refractivity contribution in [1.29, 1.82) is 0 Å². The number of nitrogens with two attached hydrogens (primary N) is 1. The highest BCUT2D eigenvalue weighted by atomic mass is 35.5. The van der Waals surface area contributed by atoms with Gasteiger partial charge in [-0.15, -0.1) is 0 Å². The van der Waals surface area contributed by atoms with Gasteiger partial charge < -0.3 is 10.5 Å². The largest absolute Gasteiger partial charge is 0.493 e. The Bertz CT molecular complexity index is 390. The molecule has 0 atom stereocenters. The molecule has 1 aliphatic rings. The van der Waals surface area contributed by atoms with Crippen LogP contribution >= 0.6 is 11.6 Å². The number of methoxy groups -OCH3 is 1. The molecule has 82 valence electrons. The van der Waals surface area contributed by atoms with E-state index >= 15 is 0 Å². The average Bonchev–Trinajstić information content (AvgIpc) is 3.01. The van der Waals surface area contributed by atoms with Crippen LogP contribution in [0.3, 0.4) is 0 Å². The van der Waals surface area contributed by atoms with Crippen LogP contribution in [0.2, 0.25) is 5.02 Å². The summed E-state index contributed by atoms with van der Waals surface area (Å²) >= 11 is 6.08. The Morgan fingerprint density at radius 1 is 1.53 bits per heavy atom. The van der Waals surface area contributed by atoms with E-state index in [2.05, 4.69) is 0 Å². The topological polar surface area (TPSA) is 35.2 Å². The van der Waals surface area contributed by atoms with Crippen LogP contribution in [0, 0.1) is 5.82 Å². The molecule has 0 heterocycles. The summed E-state index contributed by atoms with van der Waals surface area (Å²) in [5.74, 6) is -0.137. The first kappa shape index (κ1) is 10.7. The second-order valence-electron chi connectivity index (χ2n) is 3.92. The Morgan fingerprint density at radius 2 is 2.20 bits per heavy atom. The molecule has 0 amide bonds. The molecule has 1 aromatic rings. The van der Waals surface area contributed by atoms with Crippen molar-refractivity contribution in [2.75, 3.05) is 13.7 Å². The van der Waals surface area contributed by atoms with Crippen LogP contribution in [-0.4, -0.2) is 13.7 Å². The zero-order valence-electron chi connectivity index (χ0n) is 8.52. The summed E-state index contributed by atoms with van der Waals surface area (Å²) < 4.78 is 18.6. The van der Waals surface area contributed by atoms with Gasteiger partial charge in [-0.05, 0) is 25.0 Å². The molecule has 2 N–H and O–H groups in total. The molecule has 0 spiro atoms. The summed E-state index contributed by atoms with van der Waals surface area (Å²) in [4.78, 5) is 0. The fourth-order valence-corrected chi connectivity index (χ4v) is 2.28. The lowest BCUT2D eigenvalue weighted by atomic mass is 9.95. The van der Waals surface area contributed by atoms with Crippen LogP contribution in [0.25, 0.3) is 0 Å². The van der Waals surface area contributed by atoms with Crippen molar-refractivity contribution in [3.63, 3.8) is 0 Å². The van der Waals surface area contributed by atoms with Crippen LogP contribution in [0.5, 0.6) is 5.75 Å². The highest BCUT2D eigenvalue weighted by molar-refractivity contribution is 6.31. The maximum absolute atomic E-state index is 13.5. The van der Waals surface area contributed by atoms with Crippen LogP contribution in [-0.2, 0) is 5.41 Å². The maximum atomic E-state index is 13.5. The number of benzene rings is 1. The van der Waals surface area contributed by atoms with Gasteiger partial charge in [-0.2, -0.15) is 0 Å². The first-order chi connectivity index (χ1) is 7.14. The molecular formula is C11H13ClFNO. The fourth-order valence-electron chi connectivity index (χ4n) is 1.93. The predicted molar refractivity (Wildman–Crippen MR) is 57.9 cm³/mol. The Morgan fingerprint density at radius 3 is 2.67 bits per heavy atom. The van der Waals surface area contributed by atoms with Crippen LogP contribution in [0.1, 0.15) is 18.4 Å². The van der Waals surface area contributed by atoms with E-state index in [1.54, 1.807) is 6.07 Å². The van der Waals surface area contributed by atoms with E-state index in [1.165, 1.54) is 13.2 Å². The molecule has 0 aromatic heterocycles. The summed E-state index contributed by atoms with van der Waals surface area (Å²) in [6.45, 7) is 0.479.